The summed E-state index contributed by atoms with van der Waals surface area (Å²) < 4.78 is 12.4. The fraction of sp³-hybridized carbons (Fsp3) is 0.290. The van der Waals surface area contributed by atoms with Crippen LogP contribution in [0.25, 0.3) is 21.9 Å². The maximum absolute atomic E-state index is 9.98. The van der Waals surface area contributed by atoms with Crippen LogP contribution in [0.2, 0.25) is 0 Å². The highest BCUT2D eigenvalue weighted by atomic mass is 16.5. The van der Waals surface area contributed by atoms with Gasteiger partial charge >= 0.3 is 0 Å². The molecule has 0 amide bonds. The maximum Gasteiger partial charge on any atom is 0.143 e. The highest BCUT2D eigenvalue weighted by Gasteiger charge is 2.14. The van der Waals surface area contributed by atoms with Crippen LogP contribution in [0.4, 0.5) is 0 Å². The van der Waals surface area contributed by atoms with Gasteiger partial charge in [-0.15, -0.1) is 0 Å². The van der Waals surface area contributed by atoms with Gasteiger partial charge in [0.1, 0.15) is 29.6 Å². The van der Waals surface area contributed by atoms with Crippen molar-refractivity contribution in [2.75, 3.05) is 26.2 Å². The molecule has 0 aliphatic carbocycles. The van der Waals surface area contributed by atoms with Gasteiger partial charge in [0.15, 0.2) is 0 Å². The maximum atomic E-state index is 9.98. The van der Waals surface area contributed by atoms with Crippen molar-refractivity contribution in [2.45, 2.75) is 32.3 Å². The van der Waals surface area contributed by atoms with Gasteiger partial charge in [0, 0.05) is 17.5 Å². The number of ether oxygens (including phenoxy) is 2. The van der Waals surface area contributed by atoms with Crippen LogP contribution in [-0.2, 0) is 0 Å². The standard InChI is InChI=1S/C31H33NO4/c1-22(33)23-5-7-24(8-6-23)29-15-9-25-21-26(34)10-16-30(25)31(29)36-28-13-11-27(12-14-28)35-20-19-32-17-3-2-4-18-32/h5-16,21-22,33-34H,2-4,17-20H2,1H3. The van der Waals surface area contributed by atoms with Crippen LogP contribution in [0.3, 0.4) is 0 Å². The zero-order chi connectivity index (χ0) is 24.9. The summed E-state index contributed by atoms with van der Waals surface area (Å²) in [6.45, 7) is 5.73. The fourth-order valence-electron chi connectivity index (χ4n) is 4.76. The first-order valence-electron chi connectivity index (χ1n) is 12.7. The van der Waals surface area contributed by atoms with Gasteiger partial charge in [0.2, 0.25) is 0 Å². The number of nitrogens with zero attached hydrogens (tertiary/aromatic N) is 1. The van der Waals surface area contributed by atoms with Crippen LogP contribution in [-0.4, -0.2) is 41.4 Å². The molecule has 4 aromatic carbocycles. The first kappa shape index (κ1) is 24.2. The van der Waals surface area contributed by atoms with Gasteiger partial charge in [0.25, 0.3) is 0 Å². The molecule has 5 rings (SSSR count). The molecule has 4 aromatic rings. The van der Waals surface area contributed by atoms with Gasteiger partial charge in [0.05, 0.1) is 6.10 Å². The molecule has 0 saturated carbocycles. The Morgan fingerprint density at radius 3 is 2.28 bits per heavy atom. The summed E-state index contributed by atoms with van der Waals surface area (Å²) >= 11 is 0. The molecule has 1 unspecified atom stereocenters. The van der Waals surface area contributed by atoms with E-state index in [1.54, 1.807) is 19.1 Å². The average molecular weight is 484 g/mol. The van der Waals surface area contributed by atoms with Crippen molar-refractivity contribution in [3.05, 3.63) is 84.4 Å². The molecule has 1 heterocycles. The first-order valence-corrected chi connectivity index (χ1v) is 12.7. The lowest BCUT2D eigenvalue weighted by Gasteiger charge is -2.26. The Balaban J connectivity index is 1.37. The number of phenols is 1. The third kappa shape index (κ3) is 5.64. The van der Waals surface area contributed by atoms with E-state index in [-0.39, 0.29) is 5.75 Å². The predicted molar refractivity (Wildman–Crippen MR) is 144 cm³/mol. The van der Waals surface area contributed by atoms with Crippen LogP contribution >= 0.6 is 0 Å². The van der Waals surface area contributed by atoms with Crippen LogP contribution < -0.4 is 9.47 Å². The molecule has 2 N–H and O–H groups in total. The molecule has 186 valence electrons. The smallest absolute Gasteiger partial charge is 0.143 e. The van der Waals surface area contributed by atoms with Crippen molar-refractivity contribution in [3.8, 4) is 34.1 Å². The zero-order valence-electron chi connectivity index (χ0n) is 20.7. The van der Waals surface area contributed by atoms with E-state index < -0.39 is 6.10 Å². The van der Waals surface area contributed by atoms with E-state index in [1.807, 2.05) is 66.7 Å². The molecular formula is C31H33NO4. The third-order valence-corrected chi connectivity index (χ3v) is 6.83. The Bertz CT molecular complexity index is 1290. The minimum atomic E-state index is -0.519. The summed E-state index contributed by atoms with van der Waals surface area (Å²) in [6, 6.07) is 24.9. The van der Waals surface area contributed by atoms with E-state index in [0.29, 0.717) is 12.4 Å². The summed E-state index contributed by atoms with van der Waals surface area (Å²) in [5.74, 6) is 2.47. The van der Waals surface area contributed by atoms with E-state index in [1.165, 1.54) is 32.4 Å². The number of piperidine rings is 1. The molecule has 1 aliphatic rings. The Kier molecular flexibility index (Phi) is 7.40. The van der Waals surface area contributed by atoms with Crippen molar-refractivity contribution in [1.82, 2.24) is 4.90 Å². The Morgan fingerprint density at radius 1 is 0.833 bits per heavy atom. The van der Waals surface area contributed by atoms with Gasteiger partial charge in [-0.3, -0.25) is 4.90 Å². The number of hydrogen-bond donors (Lipinski definition) is 2. The van der Waals surface area contributed by atoms with Crippen molar-refractivity contribution < 1.29 is 19.7 Å². The number of aliphatic hydroxyl groups excluding tert-OH is 1. The number of likely N-dealkylation sites (tertiary alicyclic amines) is 1. The largest absolute Gasteiger partial charge is 0.508 e. The number of aromatic hydroxyl groups is 1. The first-order chi connectivity index (χ1) is 17.6. The number of phenolic OH excluding ortho intramolecular Hbond substituents is 1. The second-order valence-electron chi connectivity index (χ2n) is 9.47. The average Bonchev–Trinajstić information content (AvgIpc) is 2.90. The fourth-order valence-corrected chi connectivity index (χ4v) is 4.76. The molecular weight excluding hydrogens is 450 g/mol. The van der Waals surface area contributed by atoms with Gasteiger partial charge < -0.3 is 19.7 Å². The number of fused-ring (bicyclic) bond motifs is 1. The third-order valence-electron chi connectivity index (χ3n) is 6.83. The van der Waals surface area contributed by atoms with Crippen LogP contribution in [0.1, 0.15) is 37.9 Å². The monoisotopic (exact) mass is 483 g/mol. The molecule has 0 bridgehead atoms. The summed E-state index contributed by atoms with van der Waals surface area (Å²) in [5.41, 5.74) is 2.79. The van der Waals surface area contributed by atoms with E-state index in [9.17, 15) is 10.2 Å². The van der Waals surface area contributed by atoms with Crippen LogP contribution in [0.5, 0.6) is 23.0 Å². The molecule has 0 spiro atoms. The molecule has 5 nitrogen and oxygen atoms in total. The lowest BCUT2D eigenvalue weighted by atomic mass is 9.98. The predicted octanol–water partition coefficient (Wildman–Crippen LogP) is 6.92. The van der Waals surface area contributed by atoms with Crippen molar-refractivity contribution in [2.24, 2.45) is 0 Å². The molecule has 1 saturated heterocycles. The van der Waals surface area contributed by atoms with E-state index >= 15 is 0 Å². The van der Waals surface area contributed by atoms with Gasteiger partial charge in [-0.1, -0.05) is 36.8 Å². The lowest BCUT2D eigenvalue weighted by molar-refractivity contribution is 0.183. The molecule has 0 radical (unpaired) electrons. The Morgan fingerprint density at radius 2 is 1.56 bits per heavy atom. The minimum absolute atomic E-state index is 0.216. The zero-order valence-corrected chi connectivity index (χ0v) is 20.7. The van der Waals surface area contributed by atoms with E-state index in [4.69, 9.17) is 9.47 Å². The van der Waals surface area contributed by atoms with Gasteiger partial charge in [-0.25, -0.2) is 0 Å². The summed E-state index contributed by atoms with van der Waals surface area (Å²) in [4.78, 5) is 2.47. The summed E-state index contributed by atoms with van der Waals surface area (Å²) in [6.07, 6.45) is 3.39. The number of aliphatic hydroxyl groups is 1. The minimum Gasteiger partial charge on any atom is -0.508 e. The summed E-state index contributed by atoms with van der Waals surface area (Å²) in [5, 5.41) is 21.7. The Labute approximate surface area is 212 Å². The molecule has 1 fully saturated rings. The van der Waals surface area contributed by atoms with E-state index in [2.05, 4.69) is 4.90 Å². The SMILES string of the molecule is CC(O)c1ccc(-c2ccc3cc(O)ccc3c2Oc2ccc(OCCN3CCCCC3)cc2)cc1. The second-order valence-corrected chi connectivity index (χ2v) is 9.47. The van der Waals surface area contributed by atoms with Crippen molar-refractivity contribution in [3.63, 3.8) is 0 Å². The number of rotatable bonds is 8. The van der Waals surface area contributed by atoms with Crippen molar-refractivity contribution in [1.29, 1.82) is 0 Å². The lowest BCUT2D eigenvalue weighted by Crippen LogP contribution is -2.33. The summed E-state index contributed by atoms with van der Waals surface area (Å²) in [7, 11) is 0. The second kappa shape index (κ2) is 11.0. The normalized spacial score (nSPS) is 15.1. The number of hydrogen-bond acceptors (Lipinski definition) is 5. The topological polar surface area (TPSA) is 62.2 Å². The van der Waals surface area contributed by atoms with Gasteiger partial charge in [-0.2, -0.15) is 0 Å². The molecule has 5 heteroatoms. The quantitative estimate of drug-likeness (QED) is 0.285. The van der Waals surface area contributed by atoms with Gasteiger partial charge in [-0.05, 0) is 97.9 Å². The molecule has 36 heavy (non-hydrogen) atoms. The highest BCUT2D eigenvalue weighted by Crippen LogP contribution is 2.41. The Hall–Kier alpha value is -3.54. The number of benzene rings is 4. The van der Waals surface area contributed by atoms with Crippen molar-refractivity contribution >= 4 is 10.8 Å². The molecule has 1 aliphatic heterocycles. The van der Waals surface area contributed by atoms with Crippen LogP contribution in [0.15, 0.2) is 78.9 Å². The van der Waals surface area contributed by atoms with E-state index in [0.717, 1.165) is 45.5 Å². The highest BCUT2D eigenvalue weighted by molar-refractivity contribution is 5.96. The van der Waals surface area contributed by atoms with Crippen LogP contribution in [0, 0.1) is 0 Å². The molecule has 0 aromatic heterocycles. The molecule has 1 atom stereocenters.